The summed E-state index contributed by atoms with van der Waals surface area (Å²) in [6.45, 7) is 5.96. The number of anilines is 1. The second-order valence-electron chi connectivity index (χ2n) is 11.4. The Balaban J connectivity index is 1.52. The Morgan fingerprint density at radius 3 is 2.41 bits per heavy atom. The zero-order valence-electron chi connectivity index (χ0n) is 23.5. The number of nitrogens with one attached hydrogen (secondary N) is 2. The standard InChI is InChI=1S/C29H36BrN7O4/c1-29(2,3)41-28(40)32-17-18-7-9-21(10-8-18)27(39)37(23-13-11-20(12-14-23)26-33-35-36-34-26)24(25(31)38)16-19-5-4-6-22(30)15-19/h4-6,11-15,18,21,24H,7-10,16-17H2,1-3H3,(H2,31,38)(H,32,40)(H,33,34,35,36)/t18-,21-,24-/m0/s1. The number of amides is 3. The fourth-order valence-electron chi connectivity index (χ4n) is 5.08. The molecule has 12 heteroatoms. The van der Waals surface area contributed by atoms with E-state index in [4.69, 9.17) is 10.5 Å². The average Bonchev–Trinajstić information content (AvgIpc) is 3.46. The highest BCUT2D eigenvalue weighted by molar-refractivity contribution is 9.10. The van der Waals surface area contributed by atoms with Crippen LogP contribution in [0.4, 0.5) is 10.5 Å². The number of halogens is 1. The minimum Gasteiger partial charge on any atom is -0.444 e. The van der Waals surface area contributed by atoms with Gasteiger partial charge in [0.05, 0.1) is 0 Å². The molecule has 1 aliphatic carbocycles. The number of tetrazole rings is 1. The number of rotatable bonds is 9. The number of primary amides is 1. The van der Waals surface area contributed by atoms with Gasteiger partial charge in [0.15, 0.2) is 5.82 Å². The molecule has 11 nitrogen and oxygen atoms in total. The molecule has 1 saturated carbocycles. The zero-order valence-corrected chi connectivity index (χ0v) is 25.1. The van der Waals surface area contributed by atoms with Crippen molar-refractivity contribution >= 4 is 39.5 Å². The molecule has 0 spiro atoms. The van der Waals surface area contributed by atoms with Gasteiger partial charge in [0.25, 0.3) is 0 Å². The molecule has 1 heterocycles. The Bertz CT molecular complexity index is 1330. The summed E-state index contributed by atoms with van der Waals surface area (Å²) in [5.74, 6) is -0.277. The molecule has 3 aromatic rings. The first kappa shape index (κ1) is 30.2. The normalized spacial score (nSPS) is 17.9. The summed E-state index contributed by atoms with van der Waals surface area (Å²) >= 11 is 3.48. The van der Waals surface area contributed by atoms with E-state index in [2.05, 4.69) is 41.9 Å². The van der Waals surface area contributed by atoms with Crippen molar-refractivity contribution in [2.75, 3.05) is 11.4 Å². The van der Waals surface area contributed by atoms with Crippen molar-refractivity contribution in [3.05, 3.63) is 58.6 Å². The Kier molecular flexibility index (Phi) is 9.74. The average molecular weight is 627 g/mol. The molecule has 1 aliphatic rings. The van der Waals surface area contributed by atoms with Crippen LogP contribution in [0, 0.1) is 11.8 Å². The van der Waals surface area contributed by atoms with E-state index in [-0.39, 0.29) is 24.2 Å². The molecule has 0 saturated heterocycles. The summed E-state index contributed by atoms with van der Waals surface area (Å²) in [6, 6.07) is 13.9. The fourth-order valence-corrected chi connectivity index (χ4v) is 5.53. The molecule has 4 rings (SSSR count). The Labute approximate surface area is 247 Å². The number of nitrogens with two attached hydrogens (primary N) is 1. The molecule has 0 unspecified atom stereocenters. The van der Waals surface area contributed by atoms with Crippen LogP contribution in [0.15, 0.2) is 53.0 Å². The number of ether oxygens (including phenoxy) is 1. The molecule has 1 atom stereocenters. The summed E-state index contributed by atoms with van der Waals surface area (Å²) < 4.78 is 6.21. The maximum atomic E-state index is 14.1. The van der Waals surface area contributed by atoms with Crippen LogP contribution in [-0.2, 0) is 20.7 Å². The minimum absolute atomic E-state index is 0.142. The van der Waals surface area contributed by atoms with Crippen molar-refractivity contribution < 1.29 is 19.1 Å². The summed E-state index contributed by atoms with van der Waals surface area (Å²) in [7, 11) is 0. The molecular formula is C29H36BrN7O4. The number of benzene rings is 2. The number of aromatic nitrogens is 4. The molecular weight excluding hydrogens is 590 g/mol. The van der Waals surface area contributed by atoms with Gasteiger partial charge in [-0.15, -0.1) is 5.10 Å². The third-order valence-electron chi connectivity index (χ3n) is 7.09. The van der Waals surface area contributed by atoms with Gasteiger partial charge in [-0.2, -0.15) is 0 Å². The second kappa shape index (κ2) is 13.2. The van der Waals surface area contributed by atoms with Crippen LogP contribution < -0.4 is 16.0 Å². The van der Waals surface area contributed by atoms with E-state index in [9.17, 15) is 14.4 Å². The van der Waals surface area contributed by atoms with Crippen molar-refractivity contribution in [3.8, 4) is 11.4 Å². The van der Waals surface area contributed by atoms with Crippen molar-refractivity contribution in [1.82, 2.24) is 25.9 Å². The highest BCUT2D eigenvalue weighted by Crippen LogP contribution is 2.33. The first-order valence-corrected chi connectivity index (χ1v) is 14.5. The number of hydrogen-bond acceptors (Lipinski definition) is 7. The van der Waals surface area contributed by atoms with E-state index in [1.165, 1.54) is 0 Å². The van der Waals surface area contributed by atoms with E-state index in [1.807, 2.05) is 45.0 Å². The monoisotopic (exact) mass is 625 g/mol. The number of nitrogens with zero attached hydrogens (tertiary/aromatic N) is 4. The SMILES string of the molecule is CC(C)(C)OC(=O)NC[C@H]1CC[C@H](C(=O)N(c2ccc(-c3nnn[nH]3)cc2)[C@@H](Cc2cccc(Br)c2)C(N)=O)CC1. The minimum atomic E-state index is -0.888. The van der Waals surface area contributed by atoms with Crippen molar-refractivity contribution in [3.63, 3.8) is 0 Å². The van der Waals surface area contributed by atoms with Gasteiger partial charge in [0, 0.05) is 34.6 Å². The van der Waals surface area contributed by atoms with Crippen molar-refractivity contribution in [2.45, 2.75) is 64.5 Å². The van der Waals surface area contributed by atoms with Crippen molar-refractivity contribution in [1.29, 1.82) is 0 Å². The third kappa shape index (κ3) is 8.35. The van der Waals surface area contributed by atoms with E-state index >= 15 is 0 Å². The van der Waals surface area contributed by atoms with Gasteiger partial charge >= 0.3 is 6.09 Å². The van der Waals surface area contributed by atoms with Crippen LogP contribution in [0.5, 0.6) is 0 Å². The molecule has 218 valence electrons. The Hall–Kier alpha value is -3.80. The lowest BCUT2D eigenvalue weighted by molar-refractivity contribution is -0.127. The third-order valence-corrected chi connectivity index (χ3v) is 7.58. The van der Waals surface area contributed by atoms with Gasteiger partial charge in [-0.25, -0.2) is 9.89 Å². The Morgan fingerprint density at radius 1 is 1.12 bits per heavy atom. The maximum Gasteiger partial charge on any atom is 0.407 e. The van der Waals surface area contributed by atoms with Crippen LogP contribution in [0.25, 0.3) is 11.4 Å². The molecule has 1 aromatic heterocycles. The number of carbonyl (C=O) groups is 3. The first-order valence-electron chi connectivity index (χ1n) is 13.7. The van der Waals surface area contributed by atoms with Gasteiger partial charge in [0.1, 0.15) is 11.6 Å². The van der Waals surface area contributed by atoms with Gasteiger partial charge in [-0.05, 0) is 105 Å². The van der Waals surface area contributed by atoms with Gasteiger partial charge in [-0.1, -0.05) is 28.1 Å². The number of carbonyl (C=O) groups excluding carboxylic acids is 3. The van der Waals surface area contributed by atoms with E-state index in [0.29, 0.717) is 30.9 Å². The van der Waals surface area contributed by atoms with E-state index in [1.54, 1.807) is 29.2 Å². The molecule has 0 aliphatic heterocycles. The van der Waals surface area contributed by atoms with Crippen LogP contribution in [0.3, 0.4) is 0 Å². The van der Waals surface area contributed by atoms with Crippen LogP contribution in [-0.4, -0.2) is 56.7 Å². The number of hydrogen-bond donors (Lipinski definition) is 3. The predicted molar refractivity (Wildman–Crippen MR) is 158 cm³/mol. The Morgan fingerprint density at radius 2 is 1.83 bits per heavy atom. The lowest BCUT2D eigenvalue weighted by atomic mass is 9.81. The van der Waals surface area contributed by atoms with Gasteiger partial charge in [0.2, 0.25) is 11.8 Å². The molecule has 3 amide bonds. The fraction of sp³-hybridized carbons (Fsp3) is 0.448. The summed E-state index contributed by atoms with van der Waals surface area (Å²) in [5, 5.41) is 16.7. The van der Waals surface area contributed by atoms with E-state index in [0.717, 1.165) is 28.4 Å². The number of H-pyrrole nitrogens is 1. The summed E-state index contributed by atoms with van der Waals surface area (Å²) in [4.78, 5) is 40.6. The largest absolute Gasteiger partial charge is 0.444 e. The highest BCUT2D eigenvalue weighted by Gasteiger charge is 2.36. The predicted octanol–water partition coefficient (Wildman–Crippen LogP) is 4.39. The summed E-state index contributed by atoms with van der Waals surface area (Å²) in [6.07, 6.45) is 2.64. The molecule has 4 N–H and O–H groups in total. The molecule has 0 radical (unpaired) electrons. The van der Waals surface area contributed by atoms with Gasteiger partial charge in [-0.3, -0.25) is 14.5 Å². The highest BCUT2D eigenvalue weighted by atomic mass is 79.9. The van der Waals surface area contributed by atoms with E-state index < -0.39 is 23.6 Å². The maximum absolute atomic E-state index is 14.1. The van der Waals surface area contributed by atoms with Crippen LogP contribution >= 0.6 is 15.9 Å². The lowest BCUT2D eigenvalue weighted by Crippen LogP contribution is -2.52. The smallest absolute Gasteiger partial charge is 0.407 e. The van der Waals surface area contributed by atoms with Crippen LogP contribution in [0.2, 0.25) is 0 Å². The second-order valence-corrected chi connectivity index (χ2v) is 12.3. The first-order chi connectivity index (χ1) is 19.5. The van der Waals surface area contributed by atoms with Crippen molar-refractivity contribution in [2.24, 2.45) is 17.6 Å². The number of alkyl carbamates (subject to hydrolysis) is 1. The van der Waals surface area contributed by atoms with Crippen LogP contribution in [0.1, 0.15) is 52.0 Å². The zero-order chi connectivity index (χ0) is 29.6. The molecule has 41 heavy (non-hydrogen) atoms. The molecule has 1 fully saturated rings. The molecule has 0 bridgehead atoms. The number of aromatic amines is 1. The quantitative estimate of drug-likeness (QED) is 0.318. The molecule has 2 aromatic carbocycles. The topological polar surface area (TPSA) is 156 Å². The summed E-state index contributed by atoms with van der Waals surface area (Å²) in [5.41, 5.74) is 7.57. The lowest BCUT2D eigenvalue weighted by Gasteiger charge is -2.36. The van der Waals surface area contributed by atoms with Gasteiger partial charge < -0.3 is 15.8 Å².